The smallest absolute Gasteiger partial charge is 0.273 e. The summed E-state index contributed by atoms with van der Waals surface area (Å²) in [5.74, 6) is -2.47. The molecule has 212 valence electrons. The number of likely N-dealkylation sites (tertiary alicyclic amines) is 1. The first-order valence-electron chi connectivity index (χ1n) is 14.2. The van der Waals surface area contributed by atoms with E-state index in [-0.39, 0.29) is 29.0 Å². The molecule has 3 aromatic rings. The summed E-state index contributed by atoms with van der Waals surface area (Å²) in [4.78, 5) is 29.0. The van der Waals surface area contributed by atoms with Crippen molar-refractivity contribution in [3.8, 4) is 11.3 Å². The van der Waals surface area contributed by atoms with Gasteiger partial charge in [-0.1, -0.05) is 54.2 Å². The molecular formula is C31H36F2N4O3. The third-order valence-corrected chi connectivity index (χ3v) is 8.16. The van der Waals surface area contributed by atoms with Crippen LogP contribution in [0.15, 0.2) is 53.1 Å². The number of nitrogens with zero attached hydrogens (tertiary/aromatic N) is 2. The van der Waals surface area contributed by atoms with Gasteiger partial charge in [0.1, 0.15) is 11.6 Å². The van der Waals surface area contributed by atoms with E-state index in [1.165, 1.54) is 37.0 Å². The van der Waals surface area contributed by atoms with Crippen molar-refractivity contribution < 1.29 is 22.9 Å². The van der Waals surface area contributed by atoms with E-state index < -0.39 is 23.5 Å². The lowest BCUT2D eigenvalue weighted by atomic mass is 9.87. The van der Waals surface area contributed by atoms with Crippen LogP contribution in [0.1, 0.15) is 60.1 Å². The summed E-state index contributed by atoms with van der Waals surface area (Å²) in [5, 5.41) is 9.90. The van der Waals surface area contributed by atoms with Crippen LogP contribution in [0, 0.1) is 24.5 Å². The molecule has 2 aliphatic rings. The van der Waals surface area contributed by atoms with Crippen LogP contribution in [0.4, 0.5) is 8.78 Å². The van der Waals surface area contributed by atoms with Gasteiger partial charge in [0.25, 0.3) is 5.91 Å². The quantitative estimate of drug-likeness (QED) is 0.410. The Bertz CT molecular complexity index is 1320. The van der Waals surface area contributed by atoms with Gasteiger partial charge in [0.05, 0.1) is 11.5 Å². The summed E-state index contributed by atoms with van der Waals surface area (Å²) in [7, 11) is 0. The molecule has 2 N–H and O–H groups in total. The molecule has 1 saturated heterocycles. The Morgan fingerprint density at radius 1 is 1.02 bits per heavy atom. The molecule has 5 rings (SSSR count). The minimum Gasteiger partial charge on any atom is -0.355 e. The number of carbonyl (C=O) groups excluding carboxylic acids is 2. The van der Waals surface area contributed by atoms with Crippen LogP contribution in [0.2, 0.25) is 0 Å². The molecule has 1 aliphatic heterocycles. The Morgan fingerprint density at radius 3 is 2.55 bits per heavy atom. The molecule has 1 aliphatic carbocycles. The first-order chi connectivity index (χ1) is 19.4. The molecule has 0 spiro atoms. The summed E-state index contributed by atoms with van der Waals surface area (Å²) in [6, 6.07) is 12.8. The number of hydrogen-bond donors (Lipinski definition) is 2. The highest BCUT2D eigenvalue weighted by Crippen LogP contribution is 2.28. The molecule has 7 nitrogen and oxygen atoms in total. The number of rotatable bonds is 8. The minimum absolute atomic E-state index is 0.0135. The van der Waals surface area contributed by atoms with E-state index >= 15 is 0 Å². The van der Waals surface area contributed by atoms with Gasteiger partial charge in [0, 0.05) is 43.9 Å². The van der Waals surface area contributed by atoms with E-state index in [1.807, 2.05) is 6.92 Å². The second-order valence-corrected chi connectivity index (χ2v) is 11.0. The van der Waals surface area contributed by atoms with Crippen LogP contribution in [0.3, 0.4) is 0 Å². The van der Waals surface area contributed by atoms with Crippen LogP contribution < -0.4 is 10.6 Å². The highest BCUT2D eigenvalue weighted by molar-refractivity contribution is 5.94. The van der Waals surface area contributed by atoms with Crippen molar-refractivity contribution >= 4 is 11.8 Å². The SMILES string of the molecule is Cc1ccc(CCNC(=O)[C@@H]2CN(C3CCCCC3)CC[C@H]2NC(=O)c2cc(-c3ccc(F)cc3F)on2)cc1. The van der Waals surface area contributed by atoms with E-state index in [4.69, 9.17) is 4.52 Å². The second kappa shape index (κ2) is 12.7. The van der Waals surface area contributed by atoms with Crippen molar-refractivity contribution in [2.75, 3.05) is 19.6 Å². The van der Waals surface area contributed by atoms with Gasteiger partial charge in [0.15, 0.2) is 11.5 Å². The number of piperidine rings is 1. The van der Waals surface area contributed by atoms with Crippen molar-refractivity contribution in [1.82, 2.24) is 20.7 Å². The van der Waals surface area contributed by atoms with E-state index in [2.05, 4.69) is 45.0 Å². The summed E-state index contributed by atoms with van der Waals surface area (Å²) in [6.07, 6.45) is 7.31. The average Bonchev–Trinajstić information content (AvgIpc) is 3.45. The Balaban J connectivity index is 1.26. The molecule has 2 amide bonds. The molecule has 40 heavy (non-hydrogen) atoms. The minimum atomic E-state index is -0.805. The molecule has 1 saturated carbocycles. The molecular weight excluding hydrogens is 514 g/mol. The number of benzene rings is 2. The molecule has 2 fully saturated rings. The topological polar surface area (TPSA) is 87.5 Å². The van der Waals surface area contributed by atoms with Gasteiger partial charge in [-0.05, 0) is 50.3 Å². The number of carbonyl (C=O) groups is 2. The first-order valence-corrected chi connectivity index (χ1v) is 14.2. The van der Waals surface area contributed by atoms with Crippen molar-refractivity contribution in [3.63, 3.8) is 0 Å². The Hall–Kier alpha value is -3.59. The molecule has 0 radical (unpaired) electrons. The maximum atomic E-state index is 14.2. The van der Waals surface area contributed by atoms with Crippen molar-refractivity contribution in [2.45, 2.75) is 64.0 Å². The fourth-order valence-electron chi connectivity index (χ4n) is 5.85. The summed E-state index contributed by atoms with van der Waals surface area (Å²) in [5.41, 5.74) is 2.34. The Labute approximate surface area is 233 Å². The number of aryl methyl sites for hydroxylation is 1. The number of aromatic nitrogens is 1. The number of hydrogen-bond acceptors (Lipinski definition) is 5. The Kier molecular flexibility index (Phi) is 8.89. The monoisotopic (exact) mass is 550 g/mol. The van der Waals surface area contributed by atoms with Gasteiger partial charge in [-0.15, -0.1) is 0 Å². The van der Waals surface area contributed by atoms with Gasteiger partial charge in [-0.3, -0.25) is 14.5 Å². The third-order valence-electron chi connectivity index (χ3n) is 8.16. The van der Waals surface area contributed by atoms with Gasteiger partial charge in [-0.25, -0.2) is 8.78 Å². The lowest BCUT2D eigenvalue weighted by molar-refractivity contribution is -0.128. The summed E-state index contributed by atoms with van der Waals surface area (Å²) >= 11 is 0. The average molecular weight is 551 g/mol. The van der Waals surface area contributed by atoms with Gasteiger partial charge in [-0.2, -0.15) is 0 Å². The van der Waals surface area contributed by atoms with E-state index in [9.17, 15) is 18.4 Å². The molecule has 0 unspecified atom stereocenters. The summed E-state index contributed by atoms with van der Waals surface area (Å²) < 4.78 is 32.7. The van der Waals surface area contributed by atoms with Crippen LogP contribution in [0.5, 0.6) is 0 Å². The predicted octanol–water partition coefficient (Wildman–Crippen LogP) is 5.04. The van der Waals surface area contributed by atoms with Crippen molar-refractivity contribution in [2.24, 2.45) is 5.92 Å². The second-order valence-electron chi connectivity index (χ2n) is 11.0. The normalized spacial score (nSPS) is 20.3. The molecule has 2 atom stereocenters. The van der Waals surface area contributed by atoms with Crippen LogP contribution >= 0.6 is 0 Å². The maximum absolute atomic E-state index is 14.2. The fraction of sp³-hybridized carbons (Fsp3) is 0.452. The predicted molar refractivity (Wildman–Crippen MR) is 148 cm³/mol. The molecule has 9 heteroatoms. The molecule has 2 aromatic carbocycles. The highest BCUT2D eigenvalue weighted by Gasteiger charge is 2.38. The lowest BCUT2D eigenvalue weighted by Crippen LogP contribution is -2.58. The van der Waals surface area contributed by atoms with Gasteiger partial charge >= 0.3 is 0 Å². The van der Waals surface area contributed by atoms with Crippen LogP contribution in [-0.2, 0) is 11.2 Å². The highest BCUT2D eigenvalue weighted by atomic mass is 19.1. The first kappa shape index (κ1) is 28.0. The van der Waals surface area contributed by atoms with Crippen molar-refractivity contribution in [1.29, 1.82) is 0 Å². The zero-order chi connectivity index (χ0) is 28.1. The lowest BCUT2D eigenvalue weighted by Gasteiger charge is -2.43. The zero-order valence-electron chi connectivity index (χ0n) is 22.8. The molecule has 0 bridgehead atoms. The fourth-order valence-corrected chi connectivity index (χ4v) is 5.85. The third kappa shape index (κ3) is 6.75. The maximum Gasteiger partial charge on any atom is 0.273 e. The Morgan fingerprint density at radius 2 is 1.80 bits per heavy atom. The van der Waals surface area contributed by atoms with E-state index in [0.717, 1.165) is 43.5 Å². The van der Waals surface area contributed by atoms with E-state index in [1.54, 1.807) is 0 Å². The zero-order valence-corrected chi connectivity index (χ0v) is 22.8. The molecule has 1 aromatic heterocycles. The van der Waals surface area contributed by atoms with E-state index in [0.29, 0.717) is 25.6 Å². The van der Waals surface area contributed by atoms with Gasteiger partial charge in [0.2, 0.25) is 5.91 Å². The number of halogens is 2. The van der Waals surface area contributed by atoms with Crippen LogP contribution in [-0.4, -0.2) is 53.6 Å². The van der Waals surface area contributed by atoms with Gasteiger partial charge < -0.3 is 15.2 Å². The largest absolute Gasteiger partial charge is 0.355 e. The number of amides is 2. The summed E-state index contributed by atoms with van der Waals surface area (Å²) in [6.45, 7) is 3.94. The van der Waals surface area contributed by atoms with Crippen LogP contribution in [0.25, 0.3) is 11.3 Å². The standard InChI is InChI=1S/C31H36F2N4O3/c1-20-7-9-21(10-8-20)13-15-34-30(38)25-19-37(23-5-3-2-4-6-23)16-14-27(25)35-31(39)28-18-29(40-36-28)24-12-11-22(32)17-26(24)33/h7-12,17-18,23,25,27H,2-6,13-16,19H2,1H3,(H,34,38)(H,35,39)/t25-,27-/m1/s1. The number of nitrogens with one attached hydrogen (secondary N) is 2. The molecule has 2 heterocycles. The van der Waals surface area contributed by atoms with Crippen molar-refractivity contribution in [3.05, 3.63) is 77.0 Å².